The molecule has 118 valence electrons. The van der Waals surface area contributed by atoms with Gasteiger partial charge < -0.3 is 10.2 Å². The molecular formula is C20H26O2. The van der Waals surface area contributed by atoms with E-state index in [0.29, 0.717) is 11.3 Å². The zero-order valence-electron chi connectivity index (χ0n) is 13.6. The van der Waals surface area contributed by atoms with Crippen LogP contribution in [-0.4, -0.2) is 10.2 Å². The first-order valence-corrected chi connectivity index (χ1v) is 8.31. The number of phenols is 2. The van der Waals surface area contributed by atoms with Crippen molar-refractivity contribution in [2.45, 2.75) is 52.4 Å². The summed E-state index contributed by atoms with van der Waals surface area (Å²) >= 11 is 0. The quantitative estimate of drug-likeness (QED) is 0.713. The minimum atomic E-state index is 0.209. The van der Waals surface area contributed by atoms with Gasteiger partial charge in [-0.15, -0.1) is 0 Å². The Hall–Kier alpha value is -1.96. The normalized spacial score (nSPS) is 10.8. The molecule has 0 atom stereocenters. The molecule has 2 heteroatoms. The highest BCUT2D eigenvalue weighted by molar-refractivity contribution is 5.77. The molecule has 2 nitrogen and oxygen atoms in total. The number of aryl methyl sites for hydroxylation is 1. The molecule has 0 aliphatic rings. The summed E-state index contributed by atoms with van der Waals surface area (Å²) in [5.41, 5.74) is 3.72. The Labute approximate surface area is 133 Å². The second kappa shape index (κ2) is 7.88. The Morgan fingerprint density at radius 2 is 1.45 bits per heavy atom. The molecule has 0 aliphatic heterocycles. The largest absolute Gasteiger partial charge is 0.507 e. The summed E-state index contributed by atoms with van der Waals surface area (Å²) in [5.74, 6) is 0.545. The summed E-state index contributed by atoms with van der Waals surface area (Å²) < 4.78 is 0. The molecule has 2 aromatic rings. The molecular weight excluding hydrogens is 272 g/mol. The van der Waals surface area contributed by atoms with Crippen LogP contribution in [0.3, 0.4) is 0 Å². The summed E-state index contributed by atoms with van der Waals surface area (Å²) in [4.78, 5) is 0. The molecule has 0 bridgehead atoms. The van der Waals surface area contributed by atoms with Crippen LogP contribution in [0.5, 0.6) is 11.5 Å². The van der Waals surface area contributed by atoms with Gasteiger partial charge in [0.2, 0.25) is 0 Å². The van der Waals surface area contributed by atoms with Gasteiger partial charge in [-0.2, -0.15) is 0 Å². The van der Waals surface area contributed by atoms with E-state index in [-0.39, 0.29) is 5.75 Å². The first-order valence-electron chi connectivity index (χ1n) is 8.31. The fourth-order valence-electron chi connectivity index (χ4n) is 2.83. The molecule has 0 aliphatic carbocycles. The number of hydrogen-bond donors (Lipinski definition) is 2. The van der Waals surface area contributed by atoms with E-state index in [1.165, 1.54) is 5.56 Å². The summed E-state index contributed by atoms with van der Waals surface area (Å²) in [6.45, 7) is 4.34. The lowest BCUT2D eigenvalue weighted by Crippen LogP contribution is -1.97. The van der Waals surface area contributed by atoms with E-state index in [1.54, 1.807) is 12.1 Å². The van der Waals surface area contributed by atoms with Crippen LogP contribution in [0.15, 0.2) is 36.4 Å². The van der Waals surface area contributed by atoms with Gasteiger partial charge in [0.05, 0.1) is 0 Å². The number of para-hydroxylation sites is 1. The van der Waals surface area contributed by atoms with Crippen LogP contribution in [0.4, 0.5) is 0 Å². The Bertz CT molecular complexity index is 617. The number of hydrogen-bond acceptors (Lipinski definition) is 2. The molecule has 0 unspecified atom stereocenters. The van der Waals surface area contributed by atoms with Crippen LogP contribution in [0.1, 0.15) is 50.7 Å². The fraction of sp³-hybridized carbons (Fsp3) is 0.400. The van der Waals surface area contributed by atoms with Crippen LogP contribution in [0.25, 0.3) is 11.1 Å². The van der Waals surface area contributed by atoms with Crippen molar-refractivity contribution in [3.63, 3.8) is 0 Å². The Morgan fingerprint density at radius 3 is 2.14 bits per heavy atom. The molecule has 0 spiro atoms. The number of benzene rings is 2. The fourth-order valence-corrected chi connectivity index (χ4v) is 2.83. The summed E-state index contributed by atoms with van der Waals surface area (Å²) in [6.07, 6.45) is 6.35. The average molecular weight is 298 g/mol. The average Bonchev–Trinajstić information content (AvgIpc) is 2.53. The van der Waals surface area contributed by atoms with Crippen molar-refractivity contribution in [2.24, 2.45) is 0 Å². The van der Waals surface area contributed by atoms with Crippen LogP contribution in [0.2, 0.25) is 0 Å². The Morgan fingerprint density at radius 1 is 0.773 bits per heavy atom. The van der Waals surface area contributed by atoms with Crippen molar-refractivity contribution in [3.8, 4) is 22.6 Å². The van der Waals surface area contributed by atoms with Gasteiger partial charge in [-0.1, -0.05) is 57.0 Å². The van der Waals surface area contributed by atoms with Crippen molar-refractivity contribution >= 4 is 0 Å². The van der Waals surface area contributed by atoms with E-state index in [4.69, 9.17) is 0 Å². The zero-order chi connectivity index (χ0) is 15.9. The minimum Gasteiger partial charge on any atom is -0.507 e. The lowest BCUT2D eigenvalue weighted by molar-refractivity contribution is 0.463. The van der Waals surface area contributed by atoms with Crippen molar-refractivity contribution in [1.29, 1.82) is 0 Å². The smallest absolute Gasteiger partial charge is 0.126 e. The highest BCUT2D eigenvalue weighted by atomic mass is 16.3. The SMILES string of the molecule is CCCCc1ccc(-c2ccccc2O)c(O)c1CCCC. The van der Waals surface area contributed by atoms with Gasteiger partial charge >= 0.3 is 0 Å². The molecule has 0 fully saturated rings. The van der Waals surface area contributed by atoms with Gasteiger partial charge in [-0.05, 0) is 42.9 Å². The van der Waals surface area contributed by atoms with Gasteiger partial charge in [0.1, 0.15) is 11.5 Å². The number of unbranched alkanes of at least 4 members (excludes halogenated alkanes) is 2. The third-order valence-corrected chi connectivity index (χ3v) is 4.15. The molecule has 0 amide bonds. The second-order valence-electron chi connectivity index (χ2n) is 5.82. The molecule has 0 aromatic heterocycles. The maximum atomic E-state index is 10.8. The molecule has 22 heavy (non-hydrogen) atoms. The van der Waals surface area contributed by atoms with E-state index < -0.39 is 0 Å². The standard InChI is InChI=1S/C20H26O2/c1-3-5-9-15-13-14-18(17-11-7-8-12-19(17)21)20(22)16(15)10-6-4-2/h7-8,11-14,21-22H,3-6,9-10H2,1-2H3. The number of aromatic hydroxyl groups is 2. The second-order valence-corrected chi connectivity index (χ2v) is 5.82. The Kier molecular flexibility index (Phi) is 5.88. The van der Waals surface area contributed by atoms with Gasteiger partial charge in [0.25, 0.3) is 0 Å². The predicted molar refractivity (Wildman–Crippen MR) is 92.4 cm³/mol. The molecule has 0 heterocycles. The zero-order valence-corrected chi connectivity index (χ0v) is 13.6. The van der Waals surface area contributed by atoms with Gasteiger partial charge in [-0.3, -0.25) is 0 Å². The lowest BCUT2D eigenvalue weighted by Gasteiger charge is -2.16. The molecule has 0 radical (unpaired) electrons. The molecule has 2 rings (SSSR count). The van der Waals surface area contributed by atoms with Gasteiger partial charge in [-0.25, -0.2) is 0 Å². The topological polar surface area (TPSA) is 40.5 Å². The van der Waals surface area contributed by atoms with Crippen LogP contribution < -0.4 is 0 Å². The lowest BCUT2D eigenvalue weighted by atomic mass is 9.92. The van der Waals surface area contributed by atoms with E-state index in [0.717, 1.165) is 49.7 Å². The number of rotatable bonds is 7. The third kappa shape index (κ3) is 3.62. The number of phenolic OH excluding ortho intramolecular Hbond substituents is 2. The van der Waals surface area contributed by atoms with Crippen molar-refractivity contribution in [1.82, 2.24) is 0 Å². The maximum absolute atomic E-state index is 10.8. The third-order valence-electron chi connectivity index (χ3n) is 4.15. The van der Waals surface area contributed by atoms with E-state index in [2.05, 4.69) is 19.9 Å². The van der Waals surface area contributed by atoms with E-state index >= 15 is 0 Å². The molecule has 2 aromatic carbocycles. The first-order chi connectivity index (χ1) is 10.7. The molecule has 0 saturated carbocycles. The van der Waals surface area contributed by atoms with Crippen LogP contribution in [-0.2, 0) is 12.8 Å². The predicted octanol–water partition coefficient (Wildman–Crippen LogP) is 5.45. The van der Waals surface area contributed by atoms with Gasteiger partial charge in [0, 0.05) is 11.1 Å². The maximum Gasteiger partial charge on any atom is 0.126 e. The van der Waals surface area contributed by atoms with Crippen LogP contribution in [0, 0.1) is 0 Å². The van der Waals surface area contributed by atoms with Crippen molar-refractivity contribution < 1.29 is 10.2 Å². The Balaban J connectivity index is 2.46. The molecule has 0 saturated heterocycles. The highest BCUT2D eigenvalue weighted by Crippen LogP contribution is 2.39. The minimum absolute atomic E-state index is 0.209. The van der Waals surface area contributed by atoms with E-state index in [9.17, 15) is 10.2 Å². The summed E-state index contributed by atoms with van der Waals surface area (Å²) in [6, 6.07) is 11.2. The van der Waals surface area contributed by atoms with Crippen molar-refractivity contribution in [2.75, 3.05) is 0 Å². The highest BCUT2D eigenvalue weighted by Gasteiger charge is 2.15. The van der Waals surface area contributed by atoms with Crippen molar-refractivity contribution in [3.05, 3.63) is 47.5 Å². The monoisotopic (exact) mass is 298 g/mol. The van der Waals surface area contributed by atoms with E-state index in [1.807, 2.05) is 18.2 Å². The van der Waals surface area contributed by atoms with Crippen LogP contribution >= 0.6 is 0 Å². The molecule has 2 N–H and O–H groups in total. The summed E-state index contributed by atoms with van der Waals surface area (Å²) in [7, 11) is 0. The van der Waals surface area contributed by atoms with Gasteiger partial charge in [0.15, 0.2) is 0 Å². The first kappa shape index (κ1) is 16.4. The summed E-state index contributed by atoms with van der Waals surface area (Å²) in [5, 5.41) is 20.8.